The summed E-state index contributed by atoms with van der Waals surface area (Å²) >= 11 is 0. The van der Waals surface area contributed by atoms with Crippen LogP contribution in [0, 0.1) is 33.8 Å². The molecule has 2 bridgehead atoms. The highest BCUT2D eigenvalue weighted by atomic mass is 19.1. The van der Waals surface area contributed by atoms with Gasteiger partial charge in [0.15, 0.2) is 17.5 Å². The molecule has 1 aliphatic heterocycles. The van der Waals surface area contributed by atoms with Crippen LogP contribution in [0.5, 0.6) is 0 Å². The van der Waals surface area contributed by atoms with Crippen molar-refractivity contribution in [3.05, 3.63) is 124 Å². The van der Waals surface area contributed by atoms with Crippen LogP contribution >= 0.6 is 0 Å². The number of primary amides is 1. The largest absolute Gasteiger partial charge is 0.480 e. The number of halogens is 2. The SMILES string of the molecule is CC(=O)O[C@@]12CO[C@@H]1C[C@H](O)[C@@]1(C)C(=O)[C@H](O)C3=C(C)[C@@H](OC(=O)[C@H](OCCC(=O)NCCCC[C@H](NC(=O)CC[C@@H](NC(=O)[C@H](C)NC(=O)/C=C/c4ccc(F)cc4F)C(N)=O)C(=O)O)[C@@H](NC(=O)C(C)(C)C)c4ccccc4)C[C@@](O)([C@@H](OC(=O)c4ccccc4)[C@H]21)C3(C)C. The lowest BCUT2D eigenvalue weighted by atomic mass is 9.44. The van der Waals surface area contributed by atoms with Gasteiger partial charge in [-0.15, -0.1) is 0 Å². The fourth-order valence-corrected chi connectivity index (χ4v) is 13.2. The number of Topliss-reactive ketones (excluding diaryl/α,β-unsaturated/α-hetero) is 1. The predicted molar refractivity (Wildman–Crippen MR) is 340 cm³/mol. The molecule has 97 heavy (non-hydrogen) atoms. The Morgan fingerprint density at radius 2 is 1.49 bits per heavy atom. The highest BCUT2D eigenvalue weighted by molar-refractivity contribution is 5.97. The number of aliphatic carboxylic acids is 1. The third-order valence-corrected chi connectivity index (χ3v) is 18.8. The van der Waals surface area contributed by atoms with E-state index in [1.165, 1.54) is 46.8 Å². The van der Waals surface area contributed by atoms with Crippen molar-refractivity contribution in [2.45, 2.75) is 186 Å². The monoisotopic (exact) mass is 1360 g/mol. The Morgan fingerprint density at radius 3 is 2.09 bits per heavy atom. The zero-order chi connectivity index (χ0) is 71.7. The summed E-state index contributed by atoms with van der Waals surface area (Å²) < 4.78 is 58.3. The number of carboxylic acid groups (broad SMARTS) is 1. The summed E-state index contributed by atoms with van der Waals surface area (Å²) in [5.41, 5.74) is -3.51. The molecular formula is C69H86F2N6O20. The molecule has 0 radical (unpaired) electrons. The molecule has 1 heterocycles. The molecule has 11 N–H and O–H groups in total. The van der Waals surface area contributed by atoms with E-state index in [9.17, 15) is 72.4 Å². The number of hydrogen-bond donors (Lipinski definition) is 10. The van der Waals surface area contributed by atoms with E-state index in [4.69, 9.17) is 29.4 Å². The van der Waals surface area contributed by atoms with Crippen molar-refractivity contribution in [2.24, 2.45) is 27.9 Å². The van der Waals surface area contributed by atoms with E-state index in [1.807, 2.05) is 0 Å². The van der Waals surface area contributed by atoms with Crippen molar-refractivity contribution in [2.75, 3.05) is 19.8 Å². The fourth-order valence-electron chi connectivity index (χ4n) is 13.2. The number of rotatable bonds is 28. The third kappa shape index (κ3) is 16.9. The molecular weight excluding hydrogens is 1270 g/mol. The number of carbonyl (C=O) groups excluding carboxylic acids is 10. The summed E-state index contributed by atoms with van der Waals surface area (Å²) in [6.45, 7) is 12.3. The van der Waals surface area contributed by atoms with Crippen molar-refractivity contribution in [1.82, 2.24) is 26.6 Å². The Labute approximate surface area is 559 Å². The summed E-state index contributed by atoms with van der Waals surface area (Å²) in [5, 5.41) is 61.0. The minimum atomic E-state index is -2.48. The molecule has 3 aromatic rings. The lowest BCUT2D eigenvalue weighted by molar-refractivity contribution is -0.346. The van der Waals surface area contributed by atoms with E-state index < -0.39 is 197 Å². The first-order valence-corrected chi connectivity index (χ1v) is 31.9. The Morgan fingerprint density at radius 1 is 0.835 bits per heavy atom. The number of hydrogen-bond acceptors (Lipinski definition) is 19. The Balaban J connectivity index is 1.04. The first-order chi connectivity index (χ1) is 45.5. The summed E-state index contributed by atoms with van der Waals surface area (Å²) in [7, 11) is 0. The van der Waals surface area contributed by atoms with Crippen LogP contribution in [0.25, 0.3) is 6.08 Å². The van der Waals surface area contributed by atoms with E-state index in [0.29, 0.717) is 11.6 Å². The molecule has 3 fully saturated rings. The summed E-state index contributed by atoms with van der Waals surface area (Å²) in [5.74, 6) is -13.4. The number of aliphatic hydroxyl groups is 3. The van der Waals surface area contributed by atoms with E-state index in [0.717, 1.165) is 31.2 Å². The summed E-state index contributed by atoms with van der Waals surface area (Å²) in [4.78, 5) is 148. The van der Waals surface area contributed by atoms with Gasteiger partial charge in [-0.2, -0.15) is 0 Å². The number of ketones is 1. The van der Waals surface area contributed by atoms with Gasteiger partial charge in [-0.1, -0.05) is 83.1 Å². The number of nitrogens with two attached hydrogens (primary N) is 1. The van der Waals surface area contributed by atoms with E-state index in [1.54, 1.807) is 69.3 Å². The maximum absolute atomic E-state index is 15.4. The molecule has 3 aliphatic carbocycles. The molecule has 3 aromatic carbocycles. The van der Waals surface area contributed by atoms with Crippen LogP contribution in [0.15, 0.2) is 96.1 Å². The molecule has 526 valence electrons. The number of ether oxygens (including phenoxy) is 5. The Hall–Kier alpha value is -8.83. The number of benzene rings is 3. The molecule has 14 atom stereocenters. The zero-order valence-corrected chi connectivity index (χ0v) is 55.4. The van der Waals surface area contributed by atoms with Crippen LogP contribution in [0.2, 0.25) is 0 Å². The van der Waals surface area contributed by atoms with Gasteiger partial charge in [-0.25, -0.2) is 23.2 Å². The van der Waals surface area contributed by atoms with Gasteiger partial charge in [0, 0.05) is 67.7 Å². The second-order valence-corrected chi connectivity index (χ2v) is 26.8. The molecule has 28 heteroatoms. The third-order valence-electron chi connectivity index (χ3n) is 18.8. The van der Waals surface area contributed by atoms with Crippen LogP contribution in [0.4, 0.5) is 8.78 Å². The number of esters is 3. The van der Waals surface area contributed by atoms with Gasteiger partial charge >= 0.3 is 23.9 Å². The molecule has 0 unspecified atom stereocenters. The van der Waals surface area contributed by atoms with E-state index in [-0.39, 0.29) is 67.5 Å². The standard InChI is InChI=1S/C69H86F2N6O20/c1-36-46(34-69(92)58(96-62(89)41-20-14-11-15-21-41)56-67(9,57(84)54(83)52(36)66(69,7)8)47(79)33-48-68(56,35-94-48)97-38(3)78)95-63(90)55(53(40-18-12-10-13-19-40)77-64(91)65(4,5)6)93-31-29-49(80)73-30-17-16-22-45(61(87)88)75-51(82)28-26-44(59(72)85)76-60(86)37(2)74-50(81)27-24-39-23-25-42(70)32-43(39)71/h10-15,18-21,23-25,27,32,37,44-48,53-56,58,79,83,92H,16-17,22,26,28-31,33-35H2,1-9H3,(H2,72,85)(H,73,80)(H,74,81)(H,75,82)(H,76,86)(H,77,91)(H,87,88)/b27-24+/t37-,44+,45-,46-,47-,48+,53-,54+,55+,56-,58-,67+,68-,69+/m0/s1. The average Bonchev–Trinajstić information content (AvgIpc) is 0.671. The van der Waals surface area contributed by atoms with Crippen molar-refractivity contribution >= 4 is 71.2 Å². The predicted octanol–water partition coefficient (Wildman–Crippen LogP) is 3.41. The zero-order valence-electron chi connectivity index (χ0n) is 55.4. The van der Waals surface area contributed by atoms with Gasteiger partial charge in [-0.05, 0) is 93.5 Å². The van der Waals surface area contributed by atoms with E-state index >= 15 is 9.59 Å². The molecule has 7 rings (SSSR count). The maximum atomic E-state index is 15.4. The topological polar surface area (TPSA) is 401 Å². The van der Waals surface area contributed by atoms with Crippen molar-refractivity contribution in [3.63, 3.8) is 0 Å². The van der Waals surface area contributed by atoms with E-state index in [2.05, 4.69) is 26.6 Å². The number of nitrogens with one attached hydrogen (secondary N) is 5. The highest BCUT2D eigenvalue weighted by Crippen LogP contribution is 2.64. The number of aliphatic hydroxyl groups excluding tert-OH is 2. The average molecular weight is 1360 g/mol. The highest BCUT2D eigenvalue weighted by Gasteiger charge is 2.78. The van der Waals surface area contributed by atoms with Crippen LogP contribution in [0.3, 0.4) is 0 Å². The van der Waals surface area contributed by atoms with Crippen LogP contribution in [0.1, 0.15) is 141 Å². The number of unbranched alkanes of at least 4 members (excludes halogenated alkanes) is 1. The lowest BCUT2D eigenvalue weighted by Crippen LogP contribution is -2.81. The Bertz CT molecular complexity index is 3550. The number of fused-ring (bicyclic) bond motifs is 5. The number of carbonyl (C=O) groups is 11. The normalized spacial score (nSPS) is 25.6. The molecule has 1 saturated heterocycles. The van der Waals surface area contributed by atoms with Crippen molar-refractivity contribution in [1.29, 1.82) is 0 Å². The first kappa shape index (κ1) is 75.5. The van der Waals surface area contributed by atoms with Gasteiger partial charge in [-0.3, -0.25) is 38.4 Å². The van der Waals surface area contributed by atoms with Crippen LogP contribution in [-0.2, 0) is 71.6 Å². The van der Waals surface area contributed by atoms with Gasteiger partial charge in [0.2, 0.25) is 35.4 Å². The second kappa shape index (κ2) is 31.1. The van der Waals surface area contributed by atoms with Crippen molar-refractivity contribution < 1.29 is 106 Å². The molecule has 2 saturated carbocycles. The van der Waals surface area contributed by atoms with Crippen molar-refractivity contribution in [3.8, 4) is 0 Å². The summed E-state index contributed by atoms with van der Waals surface area (Å²) in [6.07, 6.45) is -9.98. The van der Waals surface area contributed by atoms with Gasteiger partial charge < -0.3 is 76.4 Å². The molecule has 6 amide bonds. The van der Waals surface area contributed by atoms with Gasteiger partial charge in [0.05, 0.1) is 42.3 Å². The number of carboxylic acids is 1. The van der Waals surface area contributed by atoms with Crippen LogP contribution < -0.4 is 32.3 Å². The lowest BCUT2D eigenvalue weighted by Gasteiger charge is -2.67. The van der Waals surface area contributed by atoms with Gasteiger partial charge in [0.1, 0.15) is 59.8 Å². The second-order valence-electron chi connectivity index (χ2n) is 26.8. The smallest absolute Gasteiger partial charge is 0.338 e. The first-order valence-electron chi connectivity index (χ1n) is 31.9. The molecule has 0 aromatic heterocycles. The molecule has 26 nitrogen and oxygen atoms in total. The minimum absolute atomic E-state index is 0.000360. The molecule has 0 spiro atoms. The molecule has 4 aliphatic rings. The maximum Gasteiger partial charge on any atom is 0.338 e. The quantitative estimate of drug-likeness (QED) is 0.0164. The van der Waals surface area contributed by atoms with Crippen LogP contribution in [-0.4, -0.2) is 171 Å². The van der Waals surface area contributed by atoms with Gasteiger partial charge in [0.25, 0.3) is 0 Å². The fraction of sp³-hybridized carbons (Fsp3) is 0.522. The summed E-state index contributed by atoms with van der Waals surface area (Å²) in [6, 6.07) is 13.2. The number of amides is 6. The Kier molecular flexibility index (Phi) is 24.3. The minimum Gasteiger partial charge on any atom is -0.480 e.